The molecule has 0 aliphatic carbocycles. The molecule has 0 amide bonds. The molecule has 0 fully saturated rings. The molecule has 0 atom stereocenters. The van der Waals surface area contributed by atoms with Gasteiger partial charge >= 0.3 is 5.97 Å². The Morgan fingerprint density at radius 1 is 1.28 bits per heavy atom. The molecule has 0 saturated carbocycles. The van der Waals surface area contributed by atoms with E-state index < -0.39 is 5.97 Å². The molecule has 0 heterocycles. The van der Waals surface area contributed by atoms with E-state index in [-0.39, 0.29) is 6.29 Å². The number of esters is 1. The van der Waals surface area contributed by atoms with Crippen molar-refractivity contribution in [3.8, 4) is 5.75 Å². The second-order valence-electron chi connectivity index (χ2n) is 3.86. The van der Waals surface area contributed by atoms with Crippen molar-refractivity contribution in [1.29, 1.82) is 0 Å². The summed E-state index contributed by atoms with van der Waals surface area (Å²) < 4.78 is 10.4. The predicted molar refractivity (Wildman–Crippen MR) is 67.6 cm³/mol. The lowest BCUT2D eigenvalue weighted by atomic mass is 10.1. The van der Waals surface area contributed by atoms with Crippen molar-refractivity contribution in [3.05, 3.63) is 29.8 Å². The van der Waals surface area contributed by atoms with Crippen LogP contribution in [0.5, 0.6) is 5.75 Å². The van der Waals surface area contributed by atoms with Crippen molar-refractivity contribution >= 4 is 12.3 Å². The molecular weight excluding hydrogens is 232 g/mol. The van der Waals surface area contributed by atoms with Crippen LogP contribution >= 0.6 is 0 Å². The first-order valence-electron chi connectivity index (χ1n) is 6.10. The summed E-state index contributed by atoms with van der Waals surface area (Å²) in [7, 11) is 0. The maximum absolute atomic E-state index is 10.9. The number of ether oxygens (including phenoxy) is 2. The van der Waals surface area contributed by atoms with Crippen LogP contribution in [-0.4, -0.2) is 25.5 Å². The molecule has 0 aliphatic rings. The smallest absolute Gasteiger partial charge is 0.376 e. The predicted octanol–water partition coefficient (Wildman–Crippen LogP) is 2.15. The summed E-state index contributed by atoms with van der Waals surface area (Å²) in [4.78, 5) is 21.2. The normalized spacial score (nSPS) is 10.1. The minimum atomic E-state index is -0.880. The highest BCUT2D eigenvalue weighted by atomic mass is 16.5. The Labute approximate surface area is 107 Å². The summed E-state index contributed by atoms with van der Waals surface area (Å²) in [5, 5.41) is 0. The lowest BCUT2D eigenvalue weighted by Gasteiger charge is -2.08. The van der Waals surface area contributed by atoms with Gasteiger partial charge in [-0.05, 0) is 24.5 Å². The van der Waals surface area contributed by atoms with Crippen molar-refractivity contribution in [2.45, 2.75) is 26.2 Å². The standard InChI is InChI=1S/C14H18O4/c1-2-3-9-17-10-8-12-6-4-5-7-13(12)18-14(16)11-15/h4-7,11H,2-3,8-10H2,1H3. The maximum atomic E-state index is 10.9. The van der Waals surface area contributed by atoms with Crippen LogP contribution < -0.4 is 4.74 Å². The molecule has 0 aromatic heterocycles. The summed E-state index contributed by atoms with van der Waals surface area (Å²) in [5.41, 5.74) is 0.865. The monoisotopic (exact) mass is 250 g/mol. The first kappa shape index (κ1) is 14.4. The van der Waals surface area contributed by atoms with E-state index in [0.29, 0.717) is 18.8 Å². The molecule has 0 bridgehead atoms. The number of benzene rings is 1. The van der Waals surface area contributed by atoms with E-state index in [0.717, 1.165) is 25.0 Å². The van der Waals surface area contributed by atoms with Crippen LogP contribution in [0.2, 0.25) is 0 Å². The van der Waals surface area contributed by atoms with Crippen LogP contribution in [0.1, 0.15) is 25.3 Å². The number of unbranched alkanes of at least 4 members (excludes halogenated alkanes) is 1. The Kier molecular flexibility index (Phi) is 6.72. The molecule has 0 aliphatic heterocycles. The summed E-state index contributed by atoms with van der Waals surface area (Å²) in [5.74, 6) is -0.456. The van der Waals surface area contributed by atoms with E-state index in [2.05, 4.69) is 6.92 Å². The molecule has 1 aromatic rings. The Morgan fingerprint density at radius 3 is 2.78 bits per heavy atom. The van der Waals surface area contributed by atoms with Crippen LogP contribution in [0.25, 0.3) is 0 Å². The number of rotatable bonds is 8. The van der Waals surface area contributed by atoms with E-state index in [9.17, 15) is 9.59 Å². The summed E-state index contributed by atoms with van der Waals surface area (Å²) >= 11 is 0. The minimum absolute atomic E-state index is 0.161. The summed E-state index contributed by atoms with van der Waals surface area (Å²) in [6.07, 6.45) is 2.97. The van der Waals surface area contributed by atoms with Gasteiger partial charge in [-0.1, -0.05) is 31.5 Å². The van der Waals surface area contributed by atoms with Gasteiger partial charge in [0.05, 0.1) is 6.61 Å². The van der Waals surface area contributed by atoms with Gasteiger partial charge in [-0.25, -0.2) is 4.79 Å². The first-order chi connectivity index (χ1) is 8.77. The van der Waals surface area contributed by atoms with E-state index in [1.807, 2.05) is 12.1 Å². The first-order valence-corrected chi connectivity index (χ1v) is 6.10. The molecule has 18 heavy (non-hydrogen) atoms. The van der Waals surface area contributed by atoms with E-state index in [4.69, 9.17) is 9.47 Å². The average Bonchev–Trinajstić information content (AvgIpc) is 2.40. The van der Waals surface area contributed by atoms with Crippen LogP contribution in [0.4, 0.5) is 0 Å². The Balaban J connectivity index is 2.48. The quantitative estimate of drug-likeness (QED) is 0.233. The van der Waals surface area contributed by atoms with Gasteiger partial charge in [0, 0.05) is 6.61 Å². The average molecular weight is 250 g/mol. The van der Waals surface area contributed by atoms with Crippen LogP contribution in [0.15, 0.2) is 24.3 Å². The zero-order valence-electron chi connectivity index (χ0n) is 10.6. The van der Waals surface area contributed by atoms with Crippen molar-refractivity contribution < 1.29 is 19.1 Å². The van der Waals surface area contributed by atoms with Crippen molar-refractivity contribution in [1.82, 2.24) is 0 Å². The SMILES string of the molecule is CCCCOCCc1ccccc1OC(=O)C=O. The molecule has 0 spiro atoms. The maximum Gasteiger partial charge on any atom is 0.376 e. The number of hydrogen-bond donors (Lipinski definition) is 0. The van der Waals surface area contributed by atoms with Gasteiger partial charge in [0.1, 0.15) is 5.75 Å². The van der Waals surface area contributed by atoms with Gasteiger partial charge in [0.2, 0.25) is 6.29 Å². The fourth-order valence-corrected chi connectivity index (χ4v) is 1.47. The highest BCUT2D eigenvalue weighted by molar-refractivity contribution is 6.21. The van der Waals surface area contributed by atoms with Crippen LogP contribution in [-0.2, 0) is 20.7 Å². The lowest BCUT2D eigenvalue weighted by Crippen LogP contribution is -2.10. The highest BCUT2D eigenvalue weighted by Crippen LogP contribution is 2.18. The van der Waals surface area contributed by atoms with Crippen LogP contribution in [0.3, 0.4) is 0 Å². The molecule has 1 rings (SSSR count). The van der Waals surface area contributed by atoms with E-state index in [1.54, 1.807) is 12.1 Å². The summed E-state index contributed by atoms with van der Waals surface area (Å²) in [6.45, 7) is 3.43. The molecule has 1 aromatic carbocycles. The Morgan fingerprint density at radius 2 is 2.06 bits per heavy atom. The molecule has 4 heteroatoms. The molecule has 0 saturated heterocycles. The van der Waals surface area contributed by atoms with E-state index >= 15 is 0 Å². The van der Waals surface area contributed by atoms with Gasteiger partial charge in [-0.15, -0.1) is 0 Å². The number of hydrogen-bond acceptors (Lipinski definition) is 4. The van der Waals surface area contributed by atoms with Gasteiger partial charge in [-0.3, -0.25) is 4.79 Å². The number of carbonyl (C=O) groups excluding carboxylic acids is 2. The van der Waals surface area contributed by atoms with E-state index in [1.165, 1.54) is 0 Å². The van der Waals surface area contributed by atoms with Gasteiger partial charge in [0.15, 0.2) is 0 Å². The highest BCUT2D eigenvalue weighted by Gasteiger charge is 2.07. The fourth-order valence-electron chi connectivity index (χ4n) is 1.47. The van der Waals surface area contributed by atoms with Gasteiger partial charge in [0.25, 0.3) is 0 Å². The molecule has 4 nitrogen and oxygen atoms in total. The largest absolute Gasteiger partial charge is 0.421 e. The van der Waals surface area contributed by atoms with Crippen molar-refractivity contribution in [2.75, 3.05) is 13.2 Å². The Hall–Kier alpha value is -1.68. The molecule has 0 N–H and O–H groups in total. The zero-order chi connectivity index (χ0) is 13.2. The fraction of sp³-hybridized carbons (Fsp3) is 0.429. The second-order valence-corrected chi connectivity index (χ2v) is 3.86. The van der Waals surface area contributed by atoms with Crippen molar-refractivity contribution in [2.24, 2.45) is 0 Å². The van der Waals surface area contributed by atoms with Gasteiger partial charge < -0.3 is 9.47 Å². The summed E-state index contributed by atoms with van der Waals surface area (Å²) in [6, 6.07) is 7.15. The molecule has 0 unspecified atom stereocenters. The second kappa shape index (κ2) is 8.42. The molecule has 98 valence electrons. The van der Waals surface area contributed by atoms with Crippen LogP contribution in [0, 0.1) is 0 Å². The molecule has 0 radical (unpaired) electrons. The number of para-hydroxylation sites is 1. The third-order valence-corrected chi connectivity index (χ3v) is 2.44. The third kappa shape index (κ3) is 5.10. The minimum Gasteiger partial charge on any atom is -0.421 e. The van der Waals surface area contributed by atoms with Gasteiger partial charge in [-0.2, -0.15) is 0 Å². The number of aldehydes is 1. The number of carbonyl (C=O) groups is 2. The lowest BCUT2D eigenvalue weighted by molar-refractivity contribution is -0.141. The zero-order valence-corrected chi connectivity index (χ0v) is 10.6. The topological polar surface area (TPSA) is 52.6 Å². The third-order valence-electron chi connectivity index (χ3n) is 2.44. The molecular formula is C14H18O4. The van der Waals surface area contributed by atoms with Crippen molar-refractivity contribution in [3.63, 3.8) is 0 Å². The Bertz CT molecular complexity index is 387.